The predicted molar refractivity (Wildman–Crippen MR) is 53.8 cm³/mol. The minimum absolute atomic E-state index is 0.165. The van der Waals surface area contributed by atoms with E-state index in [1.807, 2.05) is 0 Å². The van der Waals surface area contributed by atoms with E-state index in [4.69, 9.17) is 9.84 Å². The second-order valence-electron chi connectivity index (χ2n) is 4.90. The monoisotopic (exact) mass is 194 g/mol. The third-order valence-electron chi connectivity index (χ3n) is 4.33. The van der Waals surface area contributed by atoms with E-state index in [0.717, 1.165) is 23.7 Å². The number of aliphatic hydroxyl groups excluding tert-OH is 1. The minimum Gasteiger partial charge on any atom is -0.394 e. The molecule has 2 heteroatoms. The highest BCUT2D eigenvalue weighted by Gasteiger charge is 2.51. The van der Waals surface area contributed by atoms with E-state index < -0.39 is 0 Å². The number of allylic oxidation sites excluding steroid dienone is 2. The van der Waals surface area contributed by atoms with Crippen LogP contribution in [0.1, 0.15) is 19.3 Å². The van der Waals surface area contributed by atoms with E-state index in [1.165, 1.54) is 19.3 Å². The molecule has 5 unspecified atom stereocenters. The van der Waals surface area contributed by atoms with Gasteiger partial charge >= 0.3 is 0 Å². The zero-order valence-electron chi connectivity index (χ0n) is 8.43. The average molecular weight is 194 g/mol. The second kappa shape index (κ2) is 3.35. The summed E-state index contributed by atoms with van der Waals surface area (Å²) in [4.78, 5) is 0. The smallest absolute Gasteiger partial charge is 0.0701 e. The summed E-state index contributed by atoms with van der Waals surface area (Å²) < 4.78 is 5.73. The van der Waals surface area contributed by atoms with Crippen molar-refractivity contribution >= 4 is 0 Å². The SMILES string of the molecule is OCCOC1CCC2C3C=CC(C3)C12. The molecule has 0 radical (unpaired) electrons. The number of aliphatic hydroxyl groups is 1. The van der Waals surface area contributed by atoms with Gasteiger partial charge in [0, 0.05) is 0 Å². The summed E-state index contributed by atoms with van der Waals surface area (Å²) in [5, 5.41) is 8.76. The van der Waals surface area contributed by atoms with Crippen LogP contribution >= 0.6 is 0 Å². The van der Waals surface area contributed by atoms with Crippen LogP contribution in [0.2, 0.25) is 0 Å². The molecule has 0 amide bonds. The molecule has 3 rings (SSSR count). The van der Waals surface area contributed by atoms with Crippen molar-refractivity contribution in [1.29, 1.82) is 0 Å². The van der Waals surface area contributed by atoms with Crippen LogP contribution in [-0.2, 0) is 4.74 Å². The predicted octanol–water partition coefficient (Wildman–Crippen LogP) is 1.60. The van der Waals surface area contributed by atoms with Crippen molar-refractivity contribution in [3.05, 3.63) is 12.2 Å². The van der Waals surface area contributed by atoms with Gasteiger partial charge in [-0.1, -0.05) is 12.2 Å². The molecule has 3 aliphatic carbocycles. The summed E-state index contributed by atoms with van der Waals surface area (Å²) in [6.45, 7) is 0.687. The molecule has 14 heavy (non-hydrogen) atoms. The van der Waals surface area contributed by atoms with Crippen molar-refractivity contribution < 1.29 is 9.84 Å². The quantitative estimate of drug-likeness (QED) is 0.691. The maximum absolute atomic E-state index is 8.76. The molecular formula is C12H18O2. The van der Waals surface area contributed by atoms with Gasteiger partial charge in [0.2, 0.25) is 0 Å². The van der Waals surface area contributed by atoms with Crippen LogP contribution in [-0.4, -0.2) is 24.4 Å². The molecule has 2 fully saturated rings. The van der Waals surface area contributed by atoms with Crippen molar-refractivity contribution in [2.75, 3.05) is 13.2 Å². The van der Waals surface area contributed by atoms with Gasteiger partial charge in [0.05, 0.1) is 19.3 Å². The van der Waals surface area contributed by atoms with Gasteiger partial charge in [0.25, 0.3) is 0 Å². The van der Waals surface area contributed by atoms with Gasteiger partial charge in [0.1, 0.15) is 0 Å². The summed E-state index contributed by atoms with van der Waals surface area (Å²) in [7, 11) is 0. The van der Waals surface area contributed by atoms with Gasteiger partial charge < -0.3 is 9.84 Å². The molecule has 0 aromatic heterocycles. The second-order valence-corrected chi connectivity index (χ2v) is 4.90. The molecule has 0 aliphatic heterocycles. The Kier molecular flexibility index (Phi) is 2.14. The third-order valence-corrected chi connectivity index (χ3v) is 4.33. The Bertz CT molecular complexity index is 249. The first-order valence-electron chi connectivity index (χ1n) is 5.81. The normalized spacial score (nSPS) is 48.8. The number of hydrogen-bond donors (Lipinski definition) is 1. The summed E-state index contributed by atoms with van der Waals surface area (Å²) in [6.07, 6.45) is 9.17. The van der Waals surface area contributed by atoms with Crippen LogP contribution in [0.5, 0.6) is 0 Å². The third kappa shape index (κ3) is 1.17. The van der Waals surface area contributed by atoms with E-state index in [1.54, 1.807) is 0 Å². The zero-order chi connectivity index (χ0) is 9.54. The Balaban J connectivity index is 1.70. The first-order chi connectivity index (χ1) is 6.90. The van der Waals surface area contributed by atoms with Crippen LogP contribution in [0, 0.1) is 23.7 Å². The van der Waals surface area contributed by atoms with Gasteiger partial charge in [0.15, 0.2) is 0 Å². The number of hydrogen-bond acceptors (Lipinski definition) is 2. The van der Waals surface area contributed by atoms with E-state index >= 15 is 0 Å². The van der Waals surface area contributed by atoms with Crippen molar-refractivity contribution in [3.8, 4) is 0 Å². The van der Waals surface area contributed by atoms with Crippen LogP contribution in [0.15, 0.2) is 12.2 Å². The van der Waals surface area contributed by atoms with Crippen molar-refractivity contribution in [2.24, 2.45) is 23.7 Å². The van der Waals surface area contributed by atoms with Crippen LogP contribution in [0.4, 0.5) is 0 Å². The summed E-state index contributed by atoms with van der Waals surface area (Å²) >= 11 is 0. The summed E-state index contributed by atoms with van der Waals surface area (Å²) in [5.41, 5.74) is 0. The van der Waals surface area contributed by atoms with Crippen LogP contribution in [0.25, 0.3) is 0 Å². The highest BCUT2D eigenvalue weighted by molar-refractivity contribution is 5.16. The standard InChI is InChI=1S/C12H18O2/c13-5-6-14-11-4-3-10-8-1-2-9(7-8)12(10)11/h1-2,8-13H,3-7H2. The van der Waals surface area contributed by atoms with E-state index in [-0.39, 0.29) is 6.61 Å². The Morgan fingerprint density at radius 3 is 2.93 bits per heavy atom. The lowest BCUT2D eigenvalue weighted by atomic mass is 9.85. The molecule has 0 spiro atoms. The fraction of sp³-hybridized carbons (Fsp3) is 0.833. The lowest BCUT2D eigenvalue weighted by molar-refractivity contribution is -0.00276. The van der Waals surface area contributed by atoms with Crippen LogP contribution in [0.3, 0.4) is 0 Å². The van der Waals surface area contributed by atoms with Gasteiger partial charge in [-0.2, -0.15) is 0 Å². The molecule has 78 valence electrons. The number of rotatable bonds is 3. The van der Waals surface area contributed by atoms with Crippen molar-refractivity contribution in [2.45, 2.75) is 25.4 Å². The summed E-state index contributed by atoms with van der Waals surface area (Å²) in [5.74, 6) is 3.31. The van der Waals surface area contributed by atoms with Gasteiger partial charge in [-0.05, 0) is 42.9 Å². The lowest BCUT2D eigenvalue weighted by Gasteiger charge is -2.25. The summed E-state index contributed by atoms with van der Waals surface area (Å²) in [6, 6.07) is 0. The molecule has 0 aromatic rings. The maximum Gasteiger partial charge on any atom is 0.0701 e. The molecule has 1 N–H and O–H groups in total. The first kappa shape index (κ1) is 8.93. The average Bonchev–Trinajstić information content (AvgIpc) is 2.87. The molecule has 0 heterocycles. The molecular weight excluding hydrogens is 176 g/mol. The highest BCUT2D eigenvalue weighted by atomic mass is 16.5. The van der Waals surface area contributed by atoms with Crippen molar-refractivity contribution in [1.82, 2.24) is 0 Å². The van der Waals surface area contributed by atoms with E-state index in [9.17, 15) is 0 Å². The Labute approximate surface area is 85.0 Å². The molecule has 0 saturated heterocycles. The maximum atomic E-state index is 8.76. The molecule has 2 nitrogen and oxygen atoms in total. The zero-order valence-corrected chi connectivity index (χ0v) is 8.43. The topological polar surface area (TPSA) is 29.5 Å². The molecule has 5 atom stereocenters. The number of fused-ring (bicyclic) bond motifs is 5. The molecule has 0 aromatic carbocycles. The van der Waals surface area contributed by atoms with E-state index in [2.05, 4.69) is 12.2 Å². The van der Waals surface area contributed by atoms with Crippen LogP contribution < -0.4 is 0 Å². The molecule has 3 aliphatic rings. The lowest BCUT2D eigenvalue weighted by Crippen LogP contribution is -2.26. The fourth-order valence-electron chi connectivity index (χ4n) is 3.87. The minimum atomic E-state index is 0.165. The Morgan fingerprint density at radius 1 is 1.21 bits per heavy atom. The van der Waals surface area contributed by atoms with Gasteiger partial charge in [-0.25, -0.2) is 0 Å². The highest BCUT2D eigenvalue weighted by Crippen LogP contribution is 2.56. The van der Waals surface area contributed by atoms with E-state index in [0.29, 0.717) is 12.7 Å². The van der Waals surface area contributed by atoms with Gasteiger partial charge in [-0.15, -0.1) is 0 Å². The van der Waals surface area contributed by atoms with Crippen molar-refractivity contribution in [3.63, 3.8) is 0 Å². The van der Waals surface area contributed by atoms with Gasteiger partial charge in [-0.3, -0.25) is 0 Å². The Morgan fingerprint density at radius 2 is 2.07 bits per heavy atom. The fourth-order valence-corrected chi connectivity index (χ4v) is 3.87. The number of ether oxygens (including phenoxy) is 1. The largest absolute Gasteiger partial charge is 0.394 e. The first-order valence-corrected chi connectivity index (χ1v) is 5.81. The molecule has 2 bridgehead atoms. The Hall–Kier alpha value is -0.340. The molecule has 2 saturated carbocycles.